The highest BCUT2D eigenvalue weighted by Crippen LogP contribution is 2.22. The van der Waals surface area contributed by atoms with E-state index in [0.29, 0.717) is 5.56 Å². The Morgan fingerprint density at radius 2 is 1.71 bits per heavy atom. The second kappa shape index (κ2) is 7.09. The molecule has 1 aromatic heterocycles. The molecule has 0 bridgehead atoms. The lowest BCUT2D eigenvalue weighted by Crippen LogP contribution is -2.26. The molecule has 1 heterocycles. The van der Waals surface area contributed by atoms with E-state index < -0.39 is 0 Å². The summed E-state index contributed by atoms with van der Waals surface area (Å²) >= 11 is 0. The van der Waals surface area contributed by atoms with E-state index in [1.807, 2.05) is 80.7 Å². The van der Waals surface area contributed by atoms with Crippen molar-refractivity contribution in [2.24, 2.45) is 0 Å². The minimum absolute atomic E-state index is 0.0270. The van der Waals surface area contributed by atoms with Gasteiger partial charge in [0.05, 0.1) is 6.04 Å². The molecule has 0 saturated heterocycles. The lowest BCUT2D eigenvalue weighted by Gasteiger charge is -2.14. The number of rotatable bonds is 4. The topological polar surface area (TPSA) is 42.0 Å². The molecule has 0 aliphatic heterocycles. The van der Waals surface area contributed by atoms with Gasteiger partial charge in [0.2, 0.25) is 0 Å². The lowest BCUT2D eigenvalue weighted by molar-refractivity contribution is 0.0940. The van der Waals surface area contributed by atoms with E-state index in [2.05, 4.69) is 10.3 Å². The van der Waals surface area contributed by atoms with Crippen molar-refractivity contribution < 1.29 is 4.79 Å². The first-order valence-corrected chi connectivity index (χ1v) is 8.02. The van der Waals surface area contributed by atoms with Crippen LogP contribution < -0.4 is 5.32 Å². The Balaban J connectivity index is 1.74. The van der Waals surface area contributed by atoms with E-state index in [4.69, 9.17) is 0 Å². The summed E-state index contributed by atoms with van der Waals surface area (Å²) in [7, 11) is 0. The third-order valence-electron chi connectivity index (χ3n) is 4.13. The molecule has 120 valence electrons. The Morgan fingerprint density at radius 3 is 2.38 bits per heavy atom. The van der Waals surface area contributed by atoms with Gasteiger partial charge in [-0.15, -0.1) is 0 Å². The average Bonchev–Trinajstić information content (AvgIpc) is 2.63. The first-order valence-electron chi connectivity index (χ1n) is 8.02. The van der Waals surface area contributed by atoms with Gasteiger partial charge in [-0.25, -0.2) is 0 Å². The van der Waals surface area contributed by atoms with Gasteiger partial charge in [0, 0.05) is 18.0 Å². The maximum atomic E-state index is 12.4. The van der Waals surface area contributed by atoms with Crippen molar-refractivity contribution in [3.8, 4) is 11.1 Å². The number of hydrogen-bond acceptors (Lipinski definition) is 2. The molecule has 24 heavy (non-hydrogen) atoms. The highest BCUT2D eigenvalue weighted by Gasteiger charge is 2.11. The number of carbonyl (C=O) groups is 1. The van der Waals surface area contributed by atoms with Gasteiger partial charge in [0.25, 0.3) is 5.91 Å². The minimum Gasteiger partial charge on any atom is -0.346 e. The summed E-state index contributed by atoms with van der Waals surface area (Å²) in [4.78, 5) is 16.5. The number of benzene rings is 2. The lowest BCUT2D eigenvalue weighted by atomic mass is 10.0. The molecule has 3 nitrogen and oxygen atoms in total. The number of hydrogen-bond donors (Lipinski definition) is 1. The molecule has 0 spiro atoms. The van der Waals surface area contributed by atoms with Crippen molar-refractivity contribution in [3.05, 3.63) is 89.7 Å². The van der Waals surface area contributed by atoms with E-state index in [9.17, 15) is 4.79 Å². The smallest absolute Gasteiger partial charge is 0.251 e. The monoisotopic (exact) mass is 316 g/mol. The molecule has 2 aromatic carbocycles. The fourth-order valence-electron chi connectivity index (χ4n) is 2.70. The number of pyridine rings is 1. The molecule has 0 aliphatic rings. The van der Waals surface area contributed by atoms with Crippen LogP contribution in [0.3, 0.4) is 0 Å². The predicted molar refractivity (Wildman–Crippen MR) is 96.7 cm³/mol. The summed E-state index contributed by atoms with van der Waals surface area (Å²) in [6, 6.07) is 19.6. The fourth-order valence-corrected chi connectivity index (χ4v) is 2.70. The van der Waals surface area contributed by atoms with Gasteiger partial charge in [-0.1, -0.05) is 42.5 Å². The first-order chi connectivity index (χ1) is 11.6. The molecule has 3 rings (SSSR count). The standard InChI is InChI=1S/C21H20N2O/c1-15-14-22-13-12-20(15)18-8-10-19(11-9-18)21(24)23-16(2)17-6-4-3-5-7-17/h3-14,16H,1-2H3,(H,23,24)/t16-/m0/s1. The third kappa shape index (κ3) is 3.51. The number of carbonyl (C=O) groups excluding carboxylic acids is 1. The molecule has 0 unspecified atom stereocenters. The minimum atomic E-state index is -0.0654. The molecule has 0 radical (unpaired) electrons. The highest BCUT2D eigenvalue weighted by atomic mass is 16.1. The zero-order chi connectivity index (χ0) is 16.9. The summed E-state index contributed by atoms with van der Waals surface area (Å²) in [5.74, 6) is -0.0654. The number of amides is 1. The second-order valence-corrected chi connectivity index (χ2v) is 5.87. The Hall–Kier alpha value is -2.94. The maximum Gasteiger partial charge on any atom is 0.251 e. The van der Waals surface area contributed by atoms with Crippen molar-refractivity contribution in [2.75, 3.05) is 0 Å². The largest absolute Gasteiger partial charge is 0.346 e. The molecular formula is C21H20N2O. The van der Waals surface area contributed by atoms with Crippen molar-refractivity contribution in [3.63, 3.8) is 0 Å². The van der Waals surface area contributed by atoms with Crippen LogP contribution in [0.4, 0.5) is 0 Å². The van der Waals surface area contributed by atoms with E-state index in [-0.39, 0.29) is 11.9 Å². The summed E-state index contributed by atoms with van der Waals surface area (Å²) in [6.45, 7) is 4.02. The molecular weight excluding hydrogens is 296 g/mol. The van der Waals surface area contributed by atoms with E-state index >= 15 is 0 Å². The van der Waals surface area contributed by atoms with Crippen LogP contribution >= 0.6 is 0 Å². The summed E-state index contributed by atoms with van der Waals surface area (Å²) in [5, 5.41) is 3.03. The number of nitrogens with zero attached hydrogens (tertiary/aromatic N) is 1. The quantitative estimate of drug-likeness (QED) is 0.767. The van der Waals surface area contributed by atoms with Crippen LogP contribution in [-0.2, 0) is 0 Å². The van der Waals surface area contributed by atoms with Gasteiger partial charge in [-0.3, -0.25) is 9.78 Å². The normalized spacial score (nSPS) is 11.8. The van der Waals surface area contributed by atoms with Crippen LogP contribution in [0.2, 0.25) is 0 Å². The Morgan fingerprint density at radius 1 is 1.00 bits per heavy atom. The van der Waals surface area contributed by atoms with Gasteiger partial charge in [-0.05, 0) is 54.3 Å². The van der Waals surface area contributed by atoms with Crippen molar-refractivity contribution in [1.82, 2.24) is 10.3 Å². The summed E-state index contributed by atoms with van der Waals surface area (Å²) in [6.07, 6.45) is 3.63. The van der Waals surface area contributed by atoms with Gasteiger partial charge >= 0.3 is 0 Å². The van der Waals surface area contributed by atoms with Crippen LogP contribution in [0, 0.1) is 6.92 Å². The zero-order valence-electron chi connectivity index (χ0n) is 13.9. The molecule has 1 amide bonds. The van der Waals surface area contributed by atoms with Gasteiger partial charge < -0.3 is 5.32 Å². The number of aromatic nitrogens is 1. The van der Waals surface area contributed by atoms with Gasteiger partial charge in [0.15, 0.2) is 0 Å². The molecule has 1 N–H and O–H groups in total. The molecule has 0 fully saturated rings. The van der Waals surface area contributed by atoms with Crippen LogP contribution in [0.5, 0.6) is 0 Å². The number of aryl methyl sites for hydroxylation is 1. The Bertz CT molecular complexity index is 826. The Kier molecular flexibility index (Phi) is 4.71. The van der Waals surface area contributed by atoms with Crippen LogP contribution in [0.1, 0.15) is 34.5 Å². The van der Waals surface area contributed by atoms with Crippen molar-refractivity contribution in [2.45, 2.75) is 19.9 Å². The van der Waals surface area contributed by atoms with Gasteiger partial charge in [0.1, 0.15) is 0 Å². The average molecular weight is 316 g/mol. The van der Waals surface area contributed by atoms with Crippen LogP contribution in [0.15, 0.2) is 73.1 Å². The maximum absolute atomic E-state index is 12.4. The second-order valence-electron chi connectivity index (χ2n) is 5.87. The van der Waals surface area contributed by atoms with E-state index in [1.165, 1.54) is 0 Å². The third-order valence-corrected chi connectivity index (χ3v) is 4.13. The number of nitrogens with one attached hydrogen (secondary N) is 1. The van der Waals surface area contributed by atoms with Crippen LogP contribution in [0.25, 0.3) is 11.1 Å². The van der Waals surface area contributed by atoms with Crippen molar-refractivity contribution in [1.29, 1.82) is 0 Å². The van der Waals surface area contributed by atoms with Crippen LogP contribution in [-0.4, -0.2) is 10.9 Å². The SMILES string of the molecule is Cc1cnccc1-c1ccc(C(=O)N[C@@H](C)c2ccccc2)cc1. The molecule has 1 atom stereocenters. The summed E-state index contributed by atoms with van der Waals surface area (Å²) < 4.78 is 0. The van der Waals surface area contributed by atoms with E-state index in [1.54, 1.807) is 6.20 Å². The molecule has 3 heteroatoms. The van der Waals surface area contributed by atoms with Crippen molar-refractivity contribution >= 4 is 5.91 Å². The molecule has 0 saturated carbocycles. The molecule has 3 aromatic rings. The van der Waals surface area contributed by atoms with Gasteiger partial charge in [-0.2, -0.15) is 0 Å². The first kappa shape index (κ1) is 15.9. The highest BCUT2D eigenvalue weighted by molar-refractivity contribution is 5.95. The fraction of sp³-hybridized carbons (Fsp3) is 0.143. The summed E-state index contributed by atoms with van der Waals surface area (Å²) in [5.41, 5.74) is 5.09. The van der Waals surface area contributed by atoms with E-state index in [0.717, 1.165) is 22.3 Å². The molecule has 0 aliphatic carbocycles. The Labute approximate surface area is 142 Å². The predicted octanol–water partition coefficient (Wildman–Crippen LogP) is 4.55. The zero-order valence-corrected chi connectivity index (χ0v) is 13.9.